The van der Waals surface area contributed by atoms with Crippen molar-refractivity contribution in [3.63, 3.8) is 0 Å². The van der Waals surface area contributed by atoms with Crippen LogP contribution < -0.4 is 10.0 Å². The van der Waals surface area contributed by atoms with Crippen LogP contribution in [0.2, 0.25) is 0 Å². The molecule has 0 atom stereocenters. The summed E-state index contributed by atoms with van der Waals surface area (Å²) in [7, 11) is -4.17. The number of sulfonamides is 1. The lowest BCUT2D eigenvalue weighted by atomic mass is 10.1. The largest absolute Gasteiger partial charge is 0.325 e. The van der Waals surface area contributed by atoms with E-state index in [1.54, 1.807) is 0 Å². The number of pyridine rings is 1. The number of aromatic nitrogens is 2. The molecule has 1 aromatic carbocycles. The number of anilines is 2. The summed E-state index contributed by atoms with van der Waals surface area (Å²) in [6.45, 7) is 2.81. The zero-order valence-corrected chi connectivity index (χ0v) is 17.2. The Balaban J connectivity index is 1.94. The van der Waals surface area contributed by atoms with Crippen molar-refractivity contribution in [2.24, 2.45) is 0 Å². The van der Waals surface area contributed by atoms with E-state index in [0.717, 1.165) is 23.5 Å². The van der Waals surface area contributed by atoms with Crippen molar-refractivity contribution in [1.29, 1.82) is 5.26 Å². The van der Waals surface area contributed by atoms with Crippen LogP contribution in [0, 0.1) is 29.9 Å². The molecule has 0 bridgehead atoms. The quantitative estimate of drug-likeness (QED) is 0.615. The maximum Gasteiger partial charge on any atom is 0.281 e. The average molecular weight is 449 g/mol. The number of nitrogens with zero attached hydrogens (tertiary/aromatic N) is 3. The first kappa shape index (κ1) is 21.3. The molecule has 0 saturated heterocycles. The zero-order valence-electron chi connectivity index (χ0n) is 15.5. The highest BCUT2D eigenvalue weighted by Gasteiger charge is 2.23. The molecule has 3 rings (SSSR count). The fourth-order valence-corrected chi connectivity index (χ4v) is 4.74. The highest BCUT2D eigenvalue weighted by atomic mass is 32.2. The highest BCUT2D eigenvalue weighted by Crippen LogP contribution is 2.32. The third kappa shape index (κ3) is 4.42. The van der Waals surface area contributed by atoms with Gasteiger partial charge < -0.3 is 5.32 Å². The third-order valence-corrected chi connectivity index (χ3v) is 6.15. The lowest BCUT2D eigenvalue weighted by molar-refractivity contribution is -0.114. The number of hydrogen-bond acceptors (Lipinski definition) is 7. The standard InChI is InChI=1S/C18H13F2N5O3S2/c1-9-5-12(23-10(2)26)8-22-17(9)30(27,28)25-18-24-16(15(7-21)29-18)11-3-4-13(19)14(20)6-11/h3-6,8H,1-2H3,(H,23,26)(H,24,25). The van der Waals surface area contributed by atoms with Gasteiger partial charge in [-0.15, -0.1) is 0 Å². The minimum absolute atomic E-state index is 0.0180. The summed E-state index contributed by atoms with van der Waals surface area (Å²) >= 11 is 0.740. The topological polar surface area (TPSA) is 125 Å². The van der Waals surface area contributed by atoms with Crippen LogP contribution >= 0.6 is 11.3 Å². The minimum atomic E-state index is -4.17. The first-order valence-corrected chi connectivity index (χ1v) is 10.5. The summed E-state index contributed by atoms with van der Waals surface area (Å²) in [4.78, 5) is 19.1. The van der Waals surface area contributed by atoms with Crippen LogP contribution in [-0.2, 0) is 14.8 Å². The molecule has 2 aromatic heterocycles. The van der Waals surface area contributed by atoms with E-state index >= 15 is 0 Å². The van der Waals surface area contributed by atoms with Crippen molar-refractivity contribution in [3.8, 4) is 17.3 Å². The summed E-state index contributed by atoms with van der Waals surface area (Å²) in [5, 5.41) is 11.4. The van der Waals surface area contributed by atoms with Gasteiger partial charge in [0, 0.05) is 12.5 Å². The lowest BCUT2D eigenvalue weighted by Crippen LogP contribution is -2.16. The molecule has 0 unspecified atom stereocenters. The lowest BCUT2D eigenvalue weighted by Gasteiger charge is -2.09. The Hall–Kier alpha value is -3.43. The van der Waals surface area contributed by atoms with Gasteiger partial charge in [-0.1, -0.05) is 11.3 Å². The number of thiazole rings is 1. The summed E-state index contributed by atoms with van der Waals surface area (Å²) in [5.41, 5.74) is 0.748. The second kappa shape index (κ2) is 8.13. The van der Waals surface area contributed by atoms with E-state index in [4.69, 9.17) is 0 Å². The predicted octanol–water partition coefficient (Wildman–Crippen LogP) is 3.42. The molecular formula is C18H13F2N5O3S2. The van der Waals surface area contributed by atoms with E-state index in [-0.39, 0.29) is 37.8 Å². The number of aryl methyl sites for hydroxylation is 1. The Bertz CT molecular complexity index is 1300. The number of benzene rings is 1. The van der Waals surface area contributed by atoms with E-state index in [2.05, 4.69) is 20.0 Å². The van der Waals surface area contributed by atoms with Crippen LogP contribution in [0.15, 0.2) is 35.5 Å². The second-order valence-electron chi connectivity index (χ2n) is 6.07. The SMILES string of the molecule is CC(=O)Nc1cnc(S(=O)(=O)Nc2nc(-c3ccc(F)c(F)c3)c(C#N)s2)c(C)c1. The van der Waals surface area contributed by atoms with Gasteiger partial charge in [-0.05, 0) is 36.8 Å². The summed E-state index contributed by atoms with van der Waals surface area (Å²) < 4.78 is 54.4. The molecule has 2 heterocycles. The maximum atomic E-state index is 13.5. The Kier molecular flexibility index (Phi) is 5.77. The zero-order chi connectivity index (χ0) is 22.1. The molecule has 0 aliphatic heterocycles. The average Bonchev–Trinajstić information content (AvgIpc) is 3.05. The van der Waals surface area contributed by atoms with Gasteiger partial charge in [-0.3, -0.25) is 9.52 Å². The van der Waals surface area contributed by atoms with Gasteiger partial charge in [0.2, 0.25) is 5.91 Å². The Labute approximate surface area is 174 Å². The predicted molar refractivity (Wildman–Crippen MR) is 106 cm³/mol. The van der Waals surface area contributed by atoms with Crippen molar-refractivity contribution in [2.75, 3.05) is 10.0 Å². The van der Waals surface area contributed by atoms with E-state index in [9.17, 15) is 27.3 Å². The number of halogens is 2. The van der Waals surface area contributed by atoms with Gasteiger partial charge in [-0.2, -0.15) is 13.7 Å². The molecule has 0 saturated carbocycles. The van der Waals surface area contributed by atoms with E-state index in [1.807, 2.05) is 6.07 Å². The summed E-state index contributed by atoms with van der Waals surface area (Å²) in [6.07, 6.45) is 1.19. The Morgan fingerprint density at radius 2 is 1.97 bits per heavy atom. The van der Waals surface area contributed by atoms with Crippen LogP contribution in [0.4, 0.5) is 19.6 Å². The summed E-state index contributed by atoms with van der Waals surface area (Å²) in [5.74, 6) is -2.51. The van der Waals surface area contributed by atoms with Gasteiger partial charge in [-0.25, -0.2) is 18.7 Å². The molecule has 30 heavy (non-hydrogen) atoms. The normalized spacial score (nSPS) is 11.0. The molecule has 1 amide bonds. The molecule has 0 radical (unpaired) electrons. The highest BCUT2D eigenvalue weighted by molar-refractivity contribution is 7.92. The molecule has 0 aliphatic rings. The van der Waals surface area contributed by atoms with E-state index in [0.29, 0.717) is 5.69 Å². The van der Waals surface area contributed by atoms with Crippen LogP contribution in [-0.4, -0.2) is 24.3 Å². The Morgan fingerprint density at radius 3 is 2.57 bits per heavy atom. The van der Waals surface area contributed by atoms with Gasteiger partial charge in [0.15, 0.2) is 21.8 Å². The van der Waals surface area contributed by atoms with Crippen molar-refractivity contribution in [2.45, 2.75) is 18.9 Å². The molecule has 154 valence electrons. The minimum Gasteiger partial charge on any atom is -0.325 e. The molecule has 2 N–H and O–H groups in total. The third-order valence-electron chi connectivity index (χ3n) is 3.75. The van der Waals surface area contributed by atoms with Gasteiger partial charge in [0.25, 0.3) is 10.0 Å². The van der Waals surface area contributed by atoms with E-state index < -0.39 is 21.7 Å². The van der Waals surface area contributed by atoms with Crippen molar-refractivity contribution < 1.29 is 22.0 Å². The smallest absolute Gasteiger partial charge is 0.281 e. The number of nitrogens with one attached hydrogen (secondary N) is 2. The molecule has 8 nitrogen and oxygen atoms in total. The molecule has 3 aromatic rings. The van der Waals surface area contributed by atoms with Gasteiger partial charge in [0.05, 0.1) is 11.9 Å². The van der Waals surface area contributed by atoms with Gasteiger partial charge >= 0.3 is 0 Å². The molecule has 0 spiro atoms. The molecule has 0 aliphatic carbocycles. The van der Waals surface area contributed by atoms with Crippen molar-refractivity contribution in [1.82, 2.24) is 9.97 Å². The second-order valence-corrected chi connectivity index (χ2v) is 8.67. The monoisotopic (exact) mass is 449 g/mol. The van der Waals surface area contributed by atoms with E-state index in [1.165, 1.54) is 32.2 Å². The summed E-state index contributed by atoms with van der Waals surface area (Å²) in [6, 6.07) is 6.30. The number of hydrogen-bond donors (Lipinski definition) is 2. The van der Waals surface area contributed by atoms with Gasteiger partial charge in [0.1, 0.15) is 16.6 Å². The number of amides is 1. The number of nitriles is 1. The first-order chi connectivity index (χ1) is 14.1. The van der Waals surface area contributed by atoms with Crippen LogP contribution in [0.25, 0.3) is 11.3 Å². The van der Waals surface area contributed by atoms with Crippen molar-refractivity contribution in [3.05, 3.63) is 52.5 Å². The first-order valence-electron chi connectivity index (χ1n) is 8.24. The Morgan fingerprint density at radius 1 is 1.23 bits per heavy atom. The number of carbonyl (C=O) groups excluding carboxylic acids is 1. The van der Waals surface area contributed by atoms with Crippen LogP contribution in [0.1, 0.15) is 17.4 Å². The maximum absolute atomic E-state index is 13.5. The molecular weight excluding hydrogens is 436 g/mol. The fraction of sp³-hybridized carbons (Fsp3) is 0.111. The molecule has 12 heteroatoms. The number of rotatable bonds is 5. The van der Waals surface area contributed by atoms with Crippen LogP contribution in [0.5, 0.6) is 0 Å². The fourth-order valence-electron chi connectivity index (χ4n) is 2.56. The molecule has 0 fully saturated rings. The number of carbonyl (C=O) groups is 1. The van der Waals surface area contributed by atoms with Crippen molar-refractivity contribution >= 4 is 38.1 Å². The van der Waals surface area contributed by atoms with Crippen LogP contribution in [0.3, 0.4) is 0 Å².